The Hall–Kier alpha value is -1.69. The second-order valence-corrected chi connectivity index (χ2v) is 7.26. The average Bonchev–Trinajstić information content (AvgIpc) is 2.56. The second-order valence-electron chi connectivity index (χ2n) is 6.27. The Labute approximate surface area is 148 Å². The van der Waals surface area contributed by atoms with E-state index in [1.807, 2.05) is 30.5 Å². The first-order chi connectivity index (χ1) is 11.3. The molecule has 0 aliphatic carbocycles. The highest BCUT2D eigenvalue weighted by Crippen LogP contribution is 2.27. The first-order valence-corrected chi connectivity index (χ1v) is 9.42. The Balaban J connectivity index is 2.53. The molecule has 0 aliphatic rings. The summed E-state index contributed by atoms with van der Waals surface area (Å²) in [5.74, 6) is -0.532. The maximum absolute atomic E-state index is 11.8. The zero-order chi connectivity index (χ0) is 18.2. The summed E-state index contributed by atoms with van der Waals surface area (Å²) in [6.45, 7) is 6.26. The summed E-state index contributed by atoms with van der Waals surface area (Å²) in [5, 5.41) is 13.4. The highest BCUT2D eigenvalue weighted by atomic mass is 32.2. The van der Waals surface area contributed by atoms with Crippen molar-refractivity contribution in [3.05, 3.63) is 29.8 Å². The standard InChI is InChI=1S/C18H27NO4S/c1-5-18(2,3)13-6-8-14(9-7-13)23-12-16(20)19-15(17(21)22)10-11-24-4/h6-9,15H,5,10-12H2,1-4H3,(H,19,20)(H,21,22)/p-1/t15-/m0/s1. The zero-order valence-electron chi connectivity index (χ0n) is 14.8. The van der Waals surface area contributed by atoms with E-state index < -0.39 is 17.9 Å². The largest absolute Gasteiger partial charge is 0.548 e. The molecule has 0 saturated heterocycles. The van der Waals surface area contributed by atoms with E-state index in [4.69, 9.17) is 4.74 Å². The number of carboxylic acids is 1. The third-order valence-corrected chi connectivity index (χ3v) is 4.76. The molecule has 6 heteroatoms. The molecule has 1 rings (SSSR count). The van der Waals surface area contributed by atoms with Crippen molar-refractivity contribution >= 4 is 23.6 Å². The predicted molar refractivity (Wildman–Crippen MR) is 95.2 cm³/mol. The number of rotatable bonds is 10. The van der Waals surface area contributed by atoms with E-state index in [1.165, 1.54) is 17.3 Å². The molecular weight excluding hydrogens is 326 g/mol. The average molecular weight is 352 g/mol. The molecule has 1 aromatic carbocycles. The van der Waals surface area contributed by atoms with Crippen molar-refractivity contribution in [3.8, 4) is 5.75 Å². The van der Waals surface area contributed by atoms with Crippen molar-refractivity contribution in [3.63, 3.8) is 0 Å². The summed E-state index contributed by atoms with van der Waals surface area (Å²) >= 11 is 1.52. The fourth-order valence-electron chi connectivity index (χ4n) is 2.08. The number of carbonyl (C=O) groups excluding carboxylic acids is 2. The summed E-state index contributed by atoms with van der Waals surface area (Å²) in [6, 6.07) is 6.63. The predicted octanol–water partition coefficient (Wildman–Crippen LogP) is 1.74. The number of amides is 1. The lowest BCUT2D eigenvalue weighted by Gasteiger charge is -2.23. The van der Waals surface area contributed by atoms with E-state index >= 15 is 0 Å². The Morgan fingerprint density at radius 3 is 2.42 bits per heavy atom. The maximum Gasteiger partial charge on any atom is 0.258 e. The van der Waals surface area contributed by atoms with Crippen molar-refractivity contribution in [1.82, 2.24) is 5.32 Å². The van der Waals surface area contributed by atoms with Gasteiger partial charge in [0.15, 0.2) is 6.61 Å². The smallest absolute Gasteiger partial charge is 0.258 e. The van der Waals surface area contributed by atoms with Gasteiger partial charge < -0.3 is 20.0 Å². The van der Waals surface area contributed by atoms with Gasteiger partial charge >= 0.3 is 0 Å². The Kier molecular flexibility index (Phi) is 8.11. The summed E-state index contributed by atoms with van der Waals surface area (Å²) in [4.78, 5) is 22.8. The number of hydrogen-bond donors (Lipinski definition) is 1. The fraction of sp³-hybridized carbons (Fsp3) is 0.556. The second kappa shape index (κ2) is 9.57. The molecule has 0 fully saturated rings. The molecule has 1 aromatic rings. The van der Waals surface area contributed by atoms with E-state index in [0.29, 0.717) is 17.9 Å². The van der Waals surface area contributed by atoms with Crippen molar-refractivity contribution in [2.45, 2.75) is 45.1 Å². The molecule has 0 aromatic heterocycles. The molecule has 1 N–H and O–H groups in total. The topological polar surface area (TPSA) is 78.5 Å². The Bertz CT molecular complexity index is 542. The van der Waals surface area contributed by atoms with Gasteiger partial charge in [-0.25, -0.2) is 0 Å². The molecule has 0 aliphatic heterocycles. The van der Waals surface area contributed by atoms with Crippen LogP contribution in [0.1, 0.15) is 39.2 Å². The van der Waals surface area contributed by atoms with Crippen LogP contribution < -0.4 is 15.2 Å². The van der Waals surface area contributed by atoms with Gasteiger partial charge in [0, 0.05) is 0 Å². The van der Waals surface area contributed by atoms with Gasteiger partial charge in [0.2, 0.25) is 0 Å². The van der Waals surface area contributed by atoms with Crippen LogP contribution in [0.25, 0.3) is 0 Å². The summed E-state index contributed by atoms with van der Waals surface area (Å²) in [5.41, 5.74) is 1.30. The lowest BCUT2D eigenvalue weighted by Crippen LogP contribution is -2.49. The fourth-order valence-corrected chi connectivity index (χ4v) is 2.55. The number of carbonyl (C=O) groups is 2. The summed E-state index contributed by atoms with van der Waals surface area (Å²) in [6.07, 6.45) is 3.23. The molecule has 0 spiro atoms. The molecule has 24 heavy (non-hydrogen) atoms. The molecule has 0 radical (unpaired) electrons. The lowest BCUT2D eigenvalue weighted by molar-refractivity contribution is -0.308. The minimum Gasteiger partial charge on any atom is -0.548 e. The third kappa shape index (κ3) is 6.43. The summed E-state index contributed by atoms with van der Waals surface area (Å²) in [7, 11) is 0. The molecule has 0 heterocycles. The molecule has 134 valence electrons. The summed E-state index contributed by atoms with van der Waals surface area (Å²) < 4.78 is 5.42. The molecule has 0 saturated carbocycles. The first-order valence-electron chi connectivity index (χ1n) is 8.02. The van der Waals surface area contributed by atoms with E-state index in [2.05, 4.69) is 26.1 Å². The maximum atomic E-state index is 11.8. The van der Waals surface area contributed by atoms with Crippen LogP contribution in [-0.2, 0) is 15.0 Å². The third-order valence-electron chi connectivity index (χ3n) is 4.12. The first kappa shape index (κ1) is 20.4. The van der Waals surface area contributed by atoms with E-state index in [1.54, 1.807) is 0 Å². The van der Waals surface area contributed by atoms with Crippen LogP contribution in [0.4, 0.5) is 0 Å². The van der Waals surface area contributed by atoms with Crippen LogP contribution in [0, 0.1) is 0 Å². The van der Waals surface area contributed by atoms with Gasteiger partial charge in [0.05, 0.1) is 12.0 Å². The number of carboxylic acid groups (broad SMARTS) is 1. The minimum absolute atomic E-state index is 0.0922. The number of aliphatic carboxylic acids is 1. The van der Waals surface area contributed by atoms with Crippen molar-refractivity contribution in [2.24, 2.45) is 0 Å². The molecule has 5 nitrogen and oxygen atoms in total. The quantitative estimate of drug-likeness (QED) is 0.694. The number of thioether (sulfide) groups is 1. The van der Waals surface area contributed by atoms with Crippen molar-refractivity contribution in [1.29, 1.82) is 0 Å². The van der Waals surface area contributed by atoms with Gasteiger partial charge in [0.25, 0.3) is 5.91 Å². The van der Waals surface area contributed by atoms with E-state index in [0.717, 1.165) is 6.42 Å². The molecule has 1 atom stereocenters. The van der Waals surface area contributed by atoms with Gasteiger partial charge in [-0.15, -0.1) is 0 Å². The van der Waals surface area contributed by atoms with E-state index in [9.17, 15) is 14.7 Å². The SMILES string of the molecule is CCC(C)(C)c1ccc(OCC(=O)N[C@@H](CCSC)C(=O)[O-])cc1. The zero-order valence-corrected chi connectivity index (χ0v) is 15.6. The number of hydrogen-bond acceptors (Lipinski definition) is 5. The highest BCUT2D eigenvalue weighted by molar-refractivity contribution is 7.98. The number of benzene rings is 1. The van der Waals surface area contributed by atoms with Gasteiger partial charge in [-0.3, -0.25) is 4.79 Å². The molecule has 0 unspecified atom stereocenters. The molecule has 1 amide bonds. The van der Waals surface area contributed by atoms with Gasteiger partial charge in [-0.1, -0.05) is 32.9 Å². The number of ether oxygens (including phenoxy) is 1. The van der Waals surface area contributed by atoms with Gasteiger partial charge in [-0.05, 0) is 48.0 Å². The molecular formula is C18H26NO4S-. The van der Waals surface area contributed by atoms with Crippen LogP contribution in [0.3, 0.4) is 0 Å². The Morgan fingerprint density at radius 2 is 1.92 bits per heavy atom. The van der Waals surface area contributed by atoms with Crippen LogP contribution in [0.5, 0.6) is 5.75 Å². The van der Waals surface area contributed by atoms with Crippen molar-refractivity contribution in [2.75, 3.05) is 18.6 Å². The van der Waals surface area contributed by atoms with E-state index in [-0.39, 0.29) is 12.0 Å². The van der Waals surface area contributed by atoms with Crippen LogP contribution in [-0.4, -0.2) is 36.5 Å². The van der Waals surface area contributed by atoms with Gasteiger partial charge in [-0.2, -0.15) is 11.8 Å². The van der Waals surface area contributed by atoms with Gasteiger partial charge in [0.1, 0.15) is 5.75 Å². The normalized spacial score (nSPS) is 12.5. The Morgan fingerprint density at radius 1 is 1.29 bits per heavy atom. The van der Waals surface area contributed by atoms with Crippen LogP contribution >= 0.6 is 11.8 Å². The van der Waals surface area contributed by atoms with Crippen molar-refractivity contribution < 1.29 is 19.4 Å². The van der Waals surface area contributed by atoms with Crippen LogP contribution in [0.2, 0.25) is 0 Å². The van der Waals surface area contributed by atoms with Crippen LogP contribution in [0.15, 0.2) is 24.3 Å². The number of nitrogens with one attached hydrogen (secondary N) is 1. The minimum atomic E-state index is -1.27. The monoisotopic (exact) mass is 352 g/mol. The molecule has 0 bridgehead atoms. The lowest BCUT2D eigenvalue weighted by atomic mass is 9.82. The highest BCUT2D eigenvalue weighted by Gasteiger charge is 2.18.